The first-order chi connectivity index (χ1) is 7.16. The molecule has 2 nitrogen and oxygen atoms in total. The standard InChI is InChI=1S/C11H9FN2S/c1-14-7-9(6-13-11(14)15)8-2-4-10(12)5-3-8/h2-7H,1H3. The van der Waals surface area contributed by atoms with Gasteiger partial charge >= 0.3 is 0 Å². The number of hydrogen-bond donors (Lipinski definition) is 0. The molecule has 0 fully saturated rings. The van der Waals surface area contributed by atoms with Crippen molar-refractivity contribution in [3.63, 3.8) is 0 Å². The lowest BCUT2D eigenvalue weighted by atomic mass is 10.1. The van der Waals surface area contributed by atoms with Gasteiger partial charge in [-0.1, -0.05) is 12.1 Å². The lowest BCUT2D eigenvalue weighted by Gasteiger charge is -2.03. The summed E-state index contributed by atoms with van der Waals surface area (Å²) in [6.45, 7) is 0. The minimum absolute atomic E-state index is 0.240. The van der Waals surface area contributed by atoms with Crippen molar-refractivity contribution >= 4 is 12.2 Å². The number of hydrogen-bond acceptors (Lipinski definition) is 2. The second-order valence-corrected chi connectivity index (χ2v) is 3.61. The summed E-state index contributed by atoms with van der Waals surface area (Å²) in [7, 11) is 1.84. The van der Waals surface area contributed by atoms with Crippen molar-refractivity contribution in [3.05, 3.63) is 47.2 Å². The van der Waals surface area contributed by atoms with E-state index in [2.05, 4.69) is 4.98 Å². The summed E-state index contributed by atoms with van der Waals surface area (Å²) in [6.07, 6.45) is 3.57. The molecule has 0 N–H and O–H groups in total. The van der Waals surface area contributed by atoms with Crippen molar-refractivity contribution in [2.24, 2.45) is 7.05 Å². The molecule has 0 bridgehead atoms. The molecular weight excluding hydrogens is 211 g/mol. The van der Waals surface area contributed by atoms with E-state index in [1.54, 1.807) is 22.9 Å². The quantitative estimate of drug-likeness (QED) is 0.688. The molecule has 0 radical (unpaired) electrons. The van der Waals surface area contributed by atoms with Gasteiger partial charge in [0.05, 0.1) is 0 Å². The summed E-state index contributed by atoms with van der Waals surface area (Å²) >= 11 is 4.98. The maximum absolute atomic E-state index is 12.7. The second-order valence-electron chi connectivity index (χ2n) is 3.24. The highest BCUT2D eigenvalue weighted by molar-refractivity contribution is 7.71. The van der Waals surface area contributed by atoms with Crippen LogP contribution in [0.15, 0.2) is 36.7 Å². The first kappa shape index (κ1) is 9.98. The van der Waals surface area contributed by atoms with Crippen LogP contribution in [0.25, 0.3) is 11.1 Å². The summed E-state index contributed by atoms with van der Waals surface area (Å²) in [4.78, 5) is 4.06. The predicted octanol–water partition coefficient (Wildman–Crippen LogP) is 2.96. The van der Waals surface area contributed by atoms with Gasteiger partial charge in [0, 0.05) is 25.0 Å². The molecule has 1 aromatic heterocycles. The van der Waals surface area contributed by atoms with Crippen LogP contribution in [0.2, 0.25) is 0 Å². The Balaban J connectivity index is 2.50. The van der Waals surface area contributed by atoms with E-state index in [9.17, 15) is 4.39 Å². The molecule has 0 spiro atoms. The van der Waals surface area contributed by atoms with Crippen molar-refractivity contribution < 1.29 is 4.39 Å². The van der Waals surface area contributed by atoms with Gasteiger partial charge in [-0.3, -0.25) is 0 Å². The first-order valence-corrected chi connectivity index (χ1v) is 4.86. The molecule has 0 saturated carbocycles. The van der Waals surface area contributed by atoms with Crippen LogP contribution in [0, 0.1) is 10.6 Å². The Morgan fingerprint density at radius 1 is 1.20 bits per heavy atom. The van der Waals surface area contributed by atoms with Gasteiger partial charge in [-0.15, -0.1) is 0 Å². The van der Waals surface area contributed by atoms with E-state index in [0.29, 0.717) is 4.77 Å². The fraction of sp³-hybridized carbons (Fsp3) is 0.0909. The lowest BCUT2D eigenvalue weighted by molar-refractivity contribution is 0.628. The van der Waals surface area contributed by atoms with Crippen molar-refractivity contribution in [1.82, 2.24) is 9.55 Å². The molecule has 2 rings (SSSR count). The zero-order valence-corrected chi connectivity index (χ0v) is 8.96. The van der Waals surface area contributed by atoms with Gasteiger partial charge in [0.25, 0.3) is 0 Å². The average Bonchev–Trinajstić information content (AvgIpc) is 2.23. The number of aryl methyl sites for hydroxylation is 1. The highest BCUT2D eigenvalue weighted by Crippen LogP contribution is 2.17. The van der Waals surface area contributed by atoms with E-state index in [1.807, 2.05) is 13.2 Å². The minimum Gasteiger partial charge on any atom is -0.326 e. The molecule has 76 valence electrons. The van der Waals surface area contributed by atoms with E-state index < -0.39 is 0 Å². The maximum Gasteiger partial charge on any atom is 0.199 e. The summed E-state index contributed by atoms with van der Waals surface area (Å²) in [5.74, 6) is -0.240. The first-order valence-electron chi connectivity index (χ1n) is 4.45. The fourth-order valence-corrected chi connectivity index (χ4v) is 1.41. The Morgan fingerprint density at radius 3 is 2.47 bits per heavy atom. The SMILES string of the molecule is Cn1cc(-c2ccc(F)cc2)cnc1=S. The van der Waals surface area contributed by atoms with E-state index in [0.717, 1.165) is 11.1 Å². The fourth-order valence-electron chi connectivity index (χ4n) is 1.30. The highest BCUT2D eigenvalue weighted by atomic mass is 32.1. The van der Waals surface area contributed by atoms with Crippen molar-refractivity contribution in [1.29, 1.82) is 0 Å². The summed E-state index contributed by atoms with van der Waals surface area (Å²) in [5.41, 5.74) is 1.85. The Kier molecular flexibility index (Phi) is 2.60. The molecule has 1 heterocycles. The number of nitrogens with zero attached hydrogens (tertiary/aromatic N) is 2. The van der Waals surface area contributed by atoms with E-state index >= 15 is 0 Å². The van der Waals surface area contributed by atoms with Gasteiger partial charge < -0.3 is 4.57 Å². The lowest BCUT2D eigenvalue weighted by Crippen LogP contribution is -1.95. The zero-order chi connectivity index (χ0) is 10.8. The third kappa shape index (κ3) is 2.10. The van der Waals surface area contributed by atoms with Crippen molar-refractivity contribution in [3.8, 4) is 11.1 Å². The van der Waals surface area contributed by atoms with Crippen molar-refractivity contribution in [2.45, 2.75) is 0 Å². The van der Waals surface area contributed by atoms with Crippen LogP contribution < -0.4 is 0 Å². The van der Waals surface area contributed by atoms with Gasteiger partial charge in [0.2, 0.25) is 0 Å². The Morgan fingerprint density at radius 2 is 1.87 bits per heavy atom. The molecule has 0 atom stereocenters. The van der Waals surface area contributed by atoms with E-state index in [1.165, 1.54) is 12.1 Å². The van der Waals surface area contributed by atoms with Crippen LogP contribution in [-0.2, 0) is 7.05 Å². The largest absolute Gasteiger partial charge is 0.326 e. The monoisotopic (exact) mass is 220 g/mol. The van der Waals surface area contributed by atoms with Gasteiger partial charge in [-0.05, 0) is 29.9 Å². The van der Waals surface area contributed by atoms with Crippen LogP contribution in [-0.4, -0.2) is 9.55 Å². The zero-order valence-electron chi connectivity index (χ0n) is 8.14. The predicted molar refractivity (Wildman–Crippen MR) is 59.4 cm³/mol. The molecule has 15 heavy (non-hydrogen) atoms. The molecule has 0 aliphatic carbocycles. The van der Waals surface area contributed by atoms with Gasteiger partial charge in [0.1, 0.15) is 5.82 Å². The second kappa shape index (κ2) is 3.90. The molecule has 2 aromatic rings. The highest BCUT2D eigenvalue weighted by Gasteiger charge is 1.99. The molecule has 0 saturated heterocycles. The van der Waals surface area contributed by atoms with Crippen LogP contribution in [0.3, 0.4) is 0 Å². The Labute approximate surface area is 92.0 Å². The third-order valence-electron chi connectivity index (χ3n) is 2.13. The van der Waals surface area contributed by atoms with Crippen molar-refractivity contribution in [2.75, 3.05) is 0 Å². The smallest absolute Gasteiger partial charge is 0.199 e. The molecule has 0 amide bonds. The molecule has 0 aliphatic rings. The molecule has 0 aliphatic heterocycles. The average molecular weight is 220 g/mol. The topological polar surface area (TPSA) is 17.8 Å². The van der Waals surface area contributed by atoms with E-state index in [4.69, 9.17) is 12.2 Å². The number of rotatable bonds is 1. The number of aromatic nitrogens is 2. The normalized spacial score (nSPS) is 10.3. The van der Waals surface area contributed by atoms with Crippen LogP contribution in [0.5, 0.6) is 0 Å². The van der Waals surface area contributed by atoms with Crippen LogP contribution in [0.1, 0.15) is 0 Å². The van der Waals surface area contributed by atoms with Gasteiger partial charge in [0.15, 0.2) is 4.77 Å². The maximum atomic E-state index is 12.7. The molecule has 1 aromatic carbocycles. The minimum atomic E-state index is -0.240. The number of benzene rings is 1. The van der Waals surface area contributed by atoms with Crippen LogP contribution in [0.4, 0.5) is 4.39 Å². The Bertz CT molecular complexity index is 531. The summed E-state index contributed by atoms with van der Waals surface area (Å²) in [6, 6.07) is 6.29. The van der Waals surface area contributed by atoms with Crippen LogP contribution >= 0.6 is 12.2 Å². The molecular formula is C11H9FN2S. The third-order valence-corrected chi connectivity index (χ3v) is 2.52. The Hall–Kier alpha value is -1.55. The molecule has 4 heteroatoms. The van der Waals surface area contributed by atoms with Gasteiger partial charge in [-0.2, -0.15) is 0 Å². The van der Waals surface area contributed by atoms with E-state index in [-0.39, 0.29) is 5.82 Å². The summed E-state index contributed by atoms with van der Waals surface area (Å²) in [5, 5.41) is 0. The summed E-state index contributed by atoms with van der Waals surface area (Å²) < 4.78 is 15.0. The van der Waals surface area contributed by atoms with Gasteiger partial charge in [-0.25, -0.2) is 9.37 Å². The number of halogens is 1. The molecule has 0 unspecified atom stereocenters.